The quantitative estimate of drug-likeness (QED) is 0.876. The zero-order valence-electron chi connectivity index (χ0n) is 13.2. The van der Waals surface area contributed by atoms with Crippen LogP contribution in [-0.4, -0.2) is 37.7 Å². The van der Waals surface area contributed by atoms with Gasteiger partial charge in [0.25, 0.3) is 0 Å². The van der Waals surface area contributed by atoms with Crippen molar-refractivity contribution in [2.75, 3.05) is 26.8 Å². The van der Waals surface area contributed by atoms with Gasteiger partial charge in [-0.15, -0.1) is 12.4 Å². The molecule has 1 aliphatic rings. The Morgan fingerprint density at radius 2 is 2.10 bits per heavy atom. The van der Waals surface area contributed by atoms with E-state index in [9.17, 15) is 0 Å². The van der Waals surface area contributed by atoms with Crippen molar-refractivity contribution < 1.29 is 9.47 Å². The van der Waals surface area contributed by atoms with Gasteiger partial charge < -0.3 is 15.2 Å². The van der Waals surface area contributed by atoms with E-state index in [1.54, 1.807) is 7.11 Å². The number of likely N-dealkylation sites (tertiary alicyclic amines) is 1. The van der Waals surface area contributed by atoms with Gasteiger partial charge in [-0.1, -0.05) is 13.0 Å². The Balaban J connectivity index is 0.00000220. The van der Waals surface area contributed by atoms with Gasteiger partial charge in [-0.05, 0) is 30.5 Å². The second kappa shape index (κ2) is 8.59. The minimum atomic E-state index is 0. The molecule has 5 heteroatoms. The highest BCUT2D eigenvalue weighted by molar-refractivity contribution is 5.85. The third kappa shape index (κ3) is 4.85. The van der Waals surface area contributed by atoms with Crippen LogP contribution in [0.4, 0.5) is 0 Å². The van der Waals surface area contributed by atoms with E-state index in [2.05, 4.69) is 24.0 Å². The smallest absolute Gasteiger partial charge is 0.124 e. The monoisotopic (exact) mass is 314 g/mol. The lowest BCUT2D eigenvalue weighted by Crippen LogP contribution is -2.28. The van der Waals surface area contributed by atoms with Crippen LogP contribution in [0.25, 0.3) is 0 Å². The Kier molecular flexibility index (Phi) is 7.46. The summed E-state index contributed by atoms with van der Waals surface area (Å²) < 4.78 is 10.9. The highest BCUT2D eigenvalue weighted by atomic mass is 35.5. The van der Waals surface area contributed by atoms with Crippen LogP contribution in [0.3, 0.4) is 0 Å². The minimum absolute atomic E-state index is 0. The van der Waals surface area contributed by atoms with Crippen LogP contribution in [-0.2, 0) is 17.9 Å². The van der Waals surface area contributed by atoms with E-state index < -0.39 is 0 Å². The first-order chi connectivity index (χ1) is 9.63. The van der Waals surface area contributed by atoms with Crippen LogP contribution in [0.5, 0.6) is 5.75 Å². The summed E-state index contributed by atoms with van der Waals surface area (Å²) in [5.74, 6) is 1.48. The Morgan fingerprint density at radius 1 is 1.33 bits per heavy atom. The molecule has 1 aliphatic heterocycles. The highest BCUT2D eigenvalue weighted by Gasteiger charge is 2.26. The summed E-state index contributed by atoms with van der Waals surface area (Å²) in [5.41, 5.74) is 8.49. The van der Waals surface area contributed by atoms with Crippen molar-refractivity contribution in [1.82, 2.24) is 4.90 Å². The van der Waals surface area contributed by atoms with Crippen LogP contribution in [0.2, 0.25) is 0 Å². The molecule has 120 valence electrons. The number of halogens is 1. The molecule has 2 unspecified atom stereocenters. The number of rotatable bonds is 6. The first-order valence-electron chi connectivity index (χ1n) is 7.35. The number of benzene rings is 1. The molecule has 4 nitrogen and oxygen atoms in total. The Morgan fingerprint density at radius 3 is 2.67 bits per heavy atom. The summed E-state index contributed by atoms with van der Waals surface area (Å²) in [6.07, 6.45) is 0. The van der Waals surface area contributed by atoms with Gasteiger partial charge in [-0.25, -0.2) is 0 Å². The number of hydrogen-bond acceptors (Lipinski definition) is 4. The first kappa shape index (κ1) is 18.2. The fraction of sp³-hybridized carbons (Fsp3) is 0.625. The van der Waals surface area contributed by atoms with Crippen LogP contribution < -0.4 is 10.5 Å². The molecular formula is C16H27ClN2O2. The lowest BCUT2D eigenvalue weighted by molar-refractivity contribution is 0.132. The van der Waals surface area contributed by atoms with Crippen LogP contribution in [0, 0.1) is 5.92 Å². The third-order valence-corrected chi connectivity index (χ3v) is 3.96. The normalized spacial score (nSPS) is 22.1. The summed E-state index contributed by atoms with van der Waals surface area (Å²) in [4.78, 5) is 2.42. The molecule has 0 spiro atoms. The van der Waals surface area contributed by atoms with E-state index in [4.69, 9.17) is 15.2 Å². The van der Waals surface area contributed by atoms with E-state index in [0.29, 0.717) is 25.2 Å². The number of nitrogens with zero attached hydrogens (tertiary/aromatic N) is 1. The van der Waals surface area contributed by atoms with Gasteiger partial charge in [0.2, 0.25) is 0 Å². The lowest BCUT2D eigenvalue weighted by atomic mass is 10.1. The third-order valence-electron chi connectivity index (χ3n) is 3.96. The lowest BCUT2D eigenvalue weighted by Gasteiger charge is -2.17. The number of ether oxygens (including phenoxy) is 2. The number of nitrogens with two attached hydrogens (primary N) is 1. The molecule has 0 amide bonds. The standard InChI is InChI=1S/C16H26N2O2.ClH/c1-4-20-11-14-7-13(5-6-16(14)19-3)9-18-8-12(2)15(17)10-18;/h5-7,12,15H,4,8-11,17H2,1-3H3;1H. The van der Waals surface area contributed by atoms with Crippen LogP contribution in [0.1, 0.15) is 25.0 Å². The SMILES string of the molecule is CCOCc1cc(CN2CC(C)C(N)C2)ccc1OC.Cl. The van der Waals surface area contributed by atoms with Gasteiger partial charge in [-0.3, -0.25) is 4.90 Å². The predicted octanol–water partition coefficient (Wildman–Crippen LogP) is 2.43. The van der Waals surface area contributed by atoms with E-state index in [-0.39, 0.29) is 12.4 Å². The molecule has 0 bridgehead atoms. The van der Waals surface area contributed by atoms with E-state index in [1.165, 1.54) is 5.56 Å². The molecule has 1 aromatic carbocycles. The van der Waals surface area contributed by atoms with Crippen molar-refractivity contribution in [3.05, 3.63) is 29.3 Å². The van der Waals surface area contributed by atoms with Gasteiger partial charge in [0.1, 0.15) is 5.75 Å². The molecule has 2 N–H and O–H groups in total. The molecule has 21 heavy (non-hydrogen) atoms. The summed E-state index contributed by atoms with van der Waals surface area (Å²) in [5, 5.41) is 0. The maximum absolute atomic E-state index is 6.08. The van der Waals surface area contributed by atoms with Gasteiger partial charge in [-0.2, -0.15) is 0 Å². The van der Waals surface area contributed by atoms with Gasteiger partial charge in [0.15, 0.2) is 0 Å². The van der Waals surface area contributed by atoms with Crippen LogP contribution >= 0.6 is 12.4 Å². The van der Waals surface area contributed by atoms with Crippen molar-refractivity contribution in [1.29, 1.82) is 0 Å². The van der Waals surface area contributed by atoms with E-state index in [1.807, 2.05) is 13.0 Å². The maximum atomic E-state index is 6.08. The Bertz CT molecular complexity index is 432. The Labute approximate surface area is 134 Å². The van der Waals surface area contributed by atoms with Crippen LogP contribution in [0.15, 0.2) is 18.2 Å². The molecule has 0 saturated carbocycles. The van der Waals surface area contributed by atoms with Gasteiger partial charge in [0.05, 0.1) is 13.7 Å². The molecule has 2 atom stereocenters. The molecule has 1 saturated heterocycles. The van der Waals surface area contributed by atoms with Crippen molar-refractivity contribution >= 4 is 12.4 Å². The van der Waals surface area contributed by atoms with Gasteiger partial charge in [0, 0.05) is 37.8 Å². The van der Waals surface area contributed by atoms with Crippen molar-refractivity contribution in [3.8, 4) is 5.75 Å². The highest BCUT2D eigenvalue weighted by Crippen LogP contribution is 2.23. The zero-order chi connectivity index (χ0) is 14.5. The molecule has 1 heterocycles. The van der Waals surface area contributed by atoms with Crippen molar-refractivity contribution in [3.63, 3.8) is 0 Å². The molecule has 0 aliphatic carbocycles. The molecular weight excluding hydrogens is 288 g/mol. The van der Waals surface area contributed by atoms with E-state index >= 15 is 0 Å². The molecule has 0 aromatic heterocycles. The fourth-order valence-electron chi connectivity index (χ4n) is 2.74. The molecule has 1 aromatic rings. The summed E-state index contributed by atoms with van der Waals surface area (Å²) in [6, 6.07) is 6.64. The number of hydrogen-bond donors (Lipinski definition) is 1. The average molecular weight is 315 g/mol. The summed E-state index contributed by atoms with van der Waals surface area (Å²) in [7, 11) is 1.70. The first-order valence-corrected chi connectivity index (χ1v) is 7.35. The predicted molar refractivity (Wildman–Crippen MR) is 88.0 cm³/mol. The largest absolute Gasteiger partial charge is 0.496 e. The fourth-order valence-corrected chi connectivity index (χ4v) is 2.74. The van der Waals surface area contributed by atoms with E-state index in [0.717, 1.165) is 30.9 Å². The van der Waals surface area contributed by atoms with Crippen molar-refractivity contribution in [2.24, 2.45) is 11.7 Å². The second-order valence-electron chi connectivity index (χ2n) is 5.62. The molecule has 1 fully saturated rings. The van der Waals surface area contributed by atoms with Crippen molar-refractivity contribution in [2.45, 2.75) is 33.0 Å². The van der Waals surface area contributed by atoms with Gasteiger partial charge >= 0.3 is 0 Å². The maximum Gasteiger partial charge on any atom is 0.124 e. The number of methoxy groups -OCH3 is 1. The topological polar surface area (TPSA) is 47.7 Å². The Hall–Kier alpha value is -0.810. The molecule has 2 rings (SSSR count). The average Bonchev–Trinajstić information content (AvgIpc) is 2.75. The summed E-state index contributed by atoms with van der Waals surface area (Å²) in [6.45, 7) is 8.54. The second-order valence-corrected chi connectivity index (χ2v) is 5.62. The summed E-state index contributed by atoms with van der Waals surface area (Å²) >= 11 is 0. The minimum Gasteiger partial charge on any atom is -0.496 e. The molecule has 0 radical (unpaired) electrons. The zero-order valence-corrected chi connectivity index (χ0v) is 14.0.